The molecule has 3 nitrogen and oxygen atoms in total. The number of nitrogens with zero attached hydrogens (tertiary/aromatic N) is 1. The number of hydrogen-bond donors (Lipinski definition) is 1. The van der Waals surface area contributed by atoms with E-state index < -0.39 is 0 Å². The van der Waals surface area contributed by atoms with E-state index in [2.05, 4.69) is 5.32 Å². The molecule has 0 saturated heterocycles. The number of thiophene rings is 1. The van der Waals surface area contributed by atoms with Crippen LogP contribution in [0.2, 0.25) is 8.67 Å². The van der Waals surface area contributed by atoms with Gasteiger partial charge in [0.25, 0.3) is 5.91 Å². The van der Waals surface area contributed by atoms with Crippen molar-refractivity contribution in [2.24, 2.45) is 0 Å². The normalized spacial score (nSPS) is 9.50. The maximum absolute atomic E-state index is 11.4. The highest BCUT2D eigenvalue weighted by atomic mass is 35.5. The van der Waals surface area contributed by atoms with E-state index in [9.17, 15) is 4.79 Å². The minimum Gasteiger partial charge on any atom is -0.351 e. The molecule has 0 radical (unpaired) electrons. The van der Waals surface area contributed by atoms with Gasteiger partial charge in [0.1, 0.15) is 4.34 Å². The first-order valence-corrected chi connectivity index (χ1v) is 5.32. The van der Waals surface area contributed by atoms with Gasteiger partial charge in [-0.3, -0.25) is 4.79 Å². The number of halogens is 2. The third-order valence-corrected chi connectivity index (χ3v) is 2.91. The van der Waals surface area contributed by atoms with Crippen LogP contribution in [-0.2, 0) is 0 Å². The van der Waals surface area contributed by atoms with Crippen molar-refractivity contribution >= 4 is 40.4 Å². The van der Waals surface area contributed by atoms with E-state index in [1.54, 1.807) is 0 Å². The van der Waals surface area contributed by atoms with Gasteiger partial charge in [0.2, 0.25) is 0 Å². The van der Waals surface area contributed by atoms with Crippen LogP contribution in [0, 0.1) is 11.3 Å². The smallest absolute Gasteiger partial charge is 0.253 e. The summed E-state index contributed by atoms with van der Waals surface area (Å²) >= 11 is 12.6. The highest BCUT2D eigenvalue weighted by Crippen LogP contribution is 2.30. The highest BCUT2D eigenvalue weighted by molar-refractivity contribution is 7.20. The van der Waals surface area contributed by atoms with Crippen molar-refractivity contribution in [2.75, 3.05) is 6.54 Å². The van der Waals surface area contributed by atoms with E-state index in [-0.39, 0.29) is 12.3 Å². The van der Waals surface area contributed by atoms with E-state index in [4.69, 9.17) is 28.5 Å². The zero-order chi connectivity index (χ0) is 10.6. The Morgan fingerprint density at radius 2 is 2.36 bits per heavy atom. The molecule has 0 fully saturated rings. The number of rotatable bonds is 3. The molecule has 0 aliphatic carbocycles. The summed E-state index contributed by atoms with van der Waals surface area (Å²) in [6.45, 7) is 0.319. The van der Waals surface area contributed by atoms with Crippen LogP contribution < -0.4 is 5.32 Å². The van der Waals surface area contributed by atoms with Crippen molar-refractivity contribution in [3.63, 3.8) is 0 Å². The van der Waals surface area contributed by atoms with Crippen LogP contribution in [-0.4, -0.2) is 12.5 Å². The SMILES string of the molecule is N#CCCNC(=O)c1cc(Cl)sc1Cl. The van der Waals surface area contributed by atoms with Crippen molar-refractivity contribution in [1.82, 2.24) is 5.32 Å². The third-order valence-electron chi connectivity index (χ3n) is 1.42. The number of hydrogen-bond acceptors (Lipinski definition) is 3. The van der Waals surface area contributed by atoms with Gasteiger partial charge in [-0.05, 0) is 6.07 Å². The molecule has 6 heteroatoms. The second-order valence-electron chi connectivity index (χ2n) is 2.40. The minimum absolute atomic E-state index is 0.279. The number of carbonyl (C=O) groups is 1. The molecule has 0 atom stereocenters. The summed E-state index contributed by atoms with van der Waals surface area (Å²) in [7, 11) is 0. The predicted octanol–water partition coefficient (Wildman–Crippen LogP) is 2.70. The molecule has 1 N–H and O–H groups in total. The van der Waals surface area contributed by atoms with Gasteiger partial charge in [0, 0.05) is 6.54 Å². The zero-order valence-corrected chi connectivity index (χ0v) is 9.34. The monoisotopic (exact) mass is 248 g/mol. The van der Waals surface area contributed by atoms with Crippen LogP contribution in [0.15, 0.2) is 6.07 Å². The van der Waals surface area contributed by atoms with Gasteiger partial charge in [-0.15, -0.1) is 11.3 Å². The van der Waals surface area contributed by atoms with Crippen molar-refractivity contribution in [1.29, 1.82) is 5.26 Å². The summed E-state index contributed by atoms with van der Waals surface area (Å²) in [5, 5.41) is 10.8. The molecule has 0 unspecified atom stereocenters. The lowest BCUT2D eigenvalue weighted by molar-refractivity contribution is 0.0955. The number of carbonyl (C=O) groups excluding carboxylic acids is 1. The number of nitriles is 1. The molecule has 0 aromatic carbocycles. The Balaban J connectivity index is 2.61. The Morgan fingerprint density at radius 3 is 2.86 bits per heavy atom. The van der Waals surface area contributed by atoms with Gasteiger partial charge in [0.05, 0.1) is 22.4 Å². The van der Waals surface area contributed by atoms with E-state index in [1.165, 1.54) is 6.07 Å². The summed E-state index contributed by atoms with van der Waals surface area (Å²) in [5.74, 6) is -0.298. The molecule has 1 aromatic rings. The highest BCUT2D eigenvalue weighted by Gasteiger charge is 2.13. The molecule has 1 heterocycles. The fourth-order valence-electron chi connectivity index (χ4n) is 0.822. The van der Waals surface area contributed by atoms with Crippen molar-refractivity contribution in [3.8, 4) is 6.07 Å². The van der Waals surface area contributed by atoms with Crippen LogP contribution in [0.1, 0.15) is 16.8 Å². The van der Waals surface area contributed by atoms with Crippen LogP contribution in [0.25, 0.3) is 0 Å². The van der Waals surface area contributed by atoms with Crippen LogP contribution in [0.5, 0.6) is 0 Å². The first kappa shape index (κ1) is 11.3. The van der Waals surface area contributed by atoms with Gasteiger partial charge < -0.3 is 5.32 Å². The predicted molar refractivity (Wildman–Crippen MR) is 56.9 cm³/mol. The molecule has 1 rings (SSSR count). The number of amides is 1. The molecular weight excluding hydrogens is 243 g/mol. The van der Waals surface area contributed by atoms with E-state index in [0.29, 0.717) is 20.8 Å². The first-order chi connectivity index (χ1) is 6.65. The molecule has 0 aliphatic rings. The Morgan fingerprint density at radius 1 is 1.64 bits per heavy atom. The van der Waals surface area contributed by atoms with Crippen LogP contribution in [0.3, 0.4) is 0 Å². The Bertz CT molecular complexity index is 383. The maximum Gasteiger partial charge on any atom is 0.253 e. The van der Waals surface area contributed by atoms with Crippen molar-refractivity contribution in [2.45, 2.75) is 6.42 Å². The average molecular weight is 249 g/mol. The summed E-state index contributed by atoms with van der Waals surface area (Å²) < 4.78 is 0.838. The standard InChI is InChI=1S/C8H6Cl2N2OS/c9-6-4-5(7(10)14-6)8(13)12-3-1-2-11/h4H,1,3H2,(H,12,13). The van der Waals surface area contributed by atoms with Crippen molar-refractivity contribution < 1.29 is 4.79 Å². The molecule has 1 aromatic heterocycles. The van der Waals surface area contributed by atoms with E-state index >= 15 is 0 Å². The molecule has 0 spiro atoms. The van der Waals surface area contributed by atoms with Gasteiger partial charge >= 0.3 is 0 Å². The lowest BCUT2D eigenvalue weighted by Crippen LogP contribution is -2.23. The summed E-state index contributed by atoms with van der Waals surface area (Å²) in [6, 6.07) is 3.43. The first-order valence-electron chi connectivity index (χ1n) is 3.75. The fourth-order valence-corrected chi connectivity index (χ4v) is 2.28. The van der Waals surface area contributed by atoms with Crippen LogP contribution in [0.4, 0.5) is 0 Å². The molecular formula is C8H6Cl2N2OS. The topological polar surface area (TPSA) is 52.9 Å². The number of nitrogens with one attached hydrogen (secondary N) is 1. The van der Waals surface area contributed by atoms with Gasteiger partial charge in [-0.2, -0.15) is 5.26 Å². The molecule has 0 saturated carbocycles. The second-order valence-corrected chi connectivity index (χ2v) is 4.69. The minimum atomic E-state index is -0.298. The zero-order valence-electron chi connectivity index (χ0n) is 7.01. The Labute approximate surface area is 95.2 Å². The van der Waals surface area contributed by atoms with Gasteiger partial charge in [0.15, 0.2) is 0 Å². The molecule has 14 heavy (non-hydrogen) atoms. The lowest BCUT2D eigenvalue weighted by atomic mass is 10.3. The third kappa shape index (κ3) is 2.88. The summed E-state index contributed by atoms with van der Waals surface area (Å²) in [5.41, 5.74) is 0.361. The lowest BCUT2D eigenvalue weighted by Gasteiger charge is -1.99. The van der Waals surface area contributed by atoms with Gasteiger partial charge in [-0.1, -0.05) is 23.2 Å². The molecule has 0 bridgehead atoms. The van der Waals surface area contributed by atoms with Gasteiger partial charge in [-0.25, -0.2) is 0 Å². The molecule has 1 amide bonds. The second kappa shape index (κ2) is 5.20. The molecule has 0 aliphatic heterocycles. The summed E-state index contributed by atoms with van der Waals surface area (Å²) in [4.78, 5) is 11.4. The fraction of sp³-hybridized carbons (Fsp3) is 0.250. The van der Waals surface area contributed by atoms with Crippen LogP contribution >= 0.6 is 34.5 Å². The Hall–Kier alpha value is -0.760. The van der Waals surface area contributed by atoms with E-state index in [1.807, 2.05) is 6.07 Å². The average Bonchev–Trinajstić information content (AvgIpc) is 2.45. The quantitative estimate of drug-likeness (QED) is 0.837. The van der Waals surface area contributed by atoms with Crippen molar-refractivity contribution in [3.05, 3.63) is 20.3 Å². The largest absolute Gasteiger partial charge is 0.351 e. The molecule has 74 valence electrons. The van der Waals surface area contributed by atoms with E-state index in [0.717, 1.165) is 11.3 Å². The Kier molecular flexibility index (Phi) is 4.21. The maximum atomic E-state index is 11.4. The summed E-state index contributed by atoms with van der Waals surface area (Å²) in [6.07, 6.45) is 0.279.